The zero-order valence-electron chi connectivity index (χ0n) is 15.8. The van der Waals surface area contributed by atoms with E-state index in [0.29, 0.717) is 13.2 Å². The number of hydrogen-bond donors (Lipinski definition) is 0. The minimum atomic E-state index is 0.657. The van der Waals surface area contributed by atoms with E-state index >= 15 is 0 Å². The number of nitrogens with zero attached hydrogens (tertiary/aromatic N) is 3. The molecule has 5 nitrogen and oxygen atoms in total. The predicted molar refractivity (Wildman–Crippen MR) is 109 cm³/mol. The number of hydrogen-bond acceptors (Lipinski definition) is 5. The quantitative estimate of drug-likeness (QED) is 0.384. The lowest BCUT2D eigenvalue weighted by Gasteiger charge is -2.11. The third-order valence-corrected chi connectivity index (χ3v) is 4.87. The molecule has 3 rings (SSSR count). The Morgan fingerprint density at radius 2 is 1.70 bits per heavy atom. The van der Waals surface area contributed by atoms with Crippen LogP contribution in [0.2, 0.25) is 0 Å². The predicted octanol–water partition coefficient (Wildman–Crippen LogP) is 4.39. The van der Waals surface area contributed by atoms with Gasteiger partial charge in [0.15, 0.2) is 5.16 Å². The molecule has 1 aromatic heterocycles. The smallest absolute Gasteiger partial charge is 0.195 e. The fourth-order valence-electron chi connectivity index (χ4n) is 2.74. The molecule has 0 bridgehead atoms. The molecule has 0 N–H and O–H groups in total. The van der Waals surface area contributed by atoms with E-state index in [1.54, 1.807) is 11.8 Å². The summed E-state index contributed by atoms with van der Waals surface area (Å²) in [4.78, 5) is 0. The van der Waals surface area contributed by atoms with Crippen LogP contribution in [0.25, 0.3) is 5.69 Å². The van der Waals surface area contributed by atoms with E-state index in [-0.39, 0.29) is 0 Å². The van der Waals surface area contributed by atoms with Gasteiger partial charge in [-0.1, -0.05) is 42.1 Å². The van der Waals surface area contributed by atoms with Crippen LogP contribution in [0.15, 0.2) is 59.8 Å². The maximum Gasteiger partial charge on any atom is 0.195 e. The van der Waals surface area contributed by atoms with E-state index < -0.39 is 0 Å². The molecule has 0 saturated carbocycles. The number of ether oxygens (including phenoxy) is 2. The first kappa shape index (κ1) is 19.5. The van der Waals surface area contributed by atoms with Crippen molar-refractivity contribution in [3.8, 4) is 11.4 Å². The van der Waals surface area contributed by atoms with Gasteiger partial charge in [0.1, 0.15) is 11.6 Å². The van der Waals surface area contributed by atoms with Crippen LogP contribution in [-0.2, 0) is 11.2 Å². The Balaban J connectivity index is 1.87. The summed E-state index contributed by atoms with van der Waals surface area (Å²) in [7, 11) is 0. The average molecular weight is 384 g/mol. The average Bonchev–Trinajstić information content (AvgIpc) is 3.09. The third kappa shape index (κ3) is 5.34. The van der Waals surface area contributed by atoms with Gasteiger partial charge in [0.2, 0.25) is 0 Å². The second-order valence-corrected chi connectivity index (χ2v) is 6.93. The van der Waals surface area contributed by atoms with Crippen molar-refractivity contribution >= 4 is 11.8 Å². The summed E-state index contributed by atoms with van der Waals surface area (Å²) in [6, 6.07) is 18.4. The van der Waals surface area contributed by atoms with E-state index in [1.807, 2.05) is 44.2 Å². The van der Waals surface area contributed by atoms with Gasteiger partial charge in [-0.3, -0.25) is 4.57 Å². The van der Waals surface area contributed by atoms with Crippen molar-refractivity contribution in [2.75, 3.05) is 25.6 Å². The van der Waals surface area contributed by atoms with Crippen LogP contribution in [0.4, 0.5) is 0 Å². The summed E-state index contributed by atoms with van der Waals surface area (Å²) in [6.07, 6.45) is 0.729. The Morgan fingerprint density at radius 1 is 0.926 bits per heavy atom. The largest absolute Gasteiger partial charge is 0.494 e. The Kier molecular flexibility index (Phi) is 7.30. The SMILES string of the molecule is CCOCCSc1nnc(Cc2ccccc2)n1-c1ccc(OCC)cc1. The summed E-state index contributed by atoms with van der Waals surface area (Å²) < 4.78 is 13.1. The lowest BCUT2D eigenvalue weighted by Crippen LogP contribution is -2.05. The molecule has 0 aliphatic heterocycles. The van der Waals surface area contributed by atoms with Crippen molar-refractivity contribution in [3.05, 3.63) is 66.0 Å². The van der Waals surface area contributed by atoms with Crippen LogP contribution < -0.4 is 4.74 Å². The lowest BCUT2D eigenvalue weighted by atomic mass is 10.1. The van der Waals surface area contributed by atoms with Crippen LogP contribution in [0, 0.1) is 0 Å². The Labute approximate surface area is 164 Å². The van der Waals surface area contributed by atoms with Gasteiger partial charge < -0.3 is 9.47 Å². The highest BCUT2D eigenvalue weighted by Crippen LogP contribution is 2.25. The second kappa shape index (κ2) is 10.1. The van der Waals surface area contributed by atoms with Crippen molar-refractivity contribution in [1.29, 1.82) is 0 Å². The Bertz CT molecular complexity index is 819. The first-order valence-corrected chi connectivity index (χ1v) is 10.2. The van der Waals surface area contributed by atoms with Crippen molar-refractivity contribution in [1.82, 2.24) is 14.8 Å². The van der Waals surface area contributed by atoms with Gasteiger partial charge in [0.25, 0.3) is 0 Å². The zero-order valence-corrected chi connectivity index (χ0v) is 16.6. The summed E-state index contributed by atoms with van der Waals surface area (Å²) in [5.74, 6) is 2.63. The molecule has 1 heterocycles. The van der Waals surface area contributed by atoms with Gasteiger partial charge in [-0.2, -0.15) is 0 Å². The van der Waals surface area contributed by atoms with E-state index in [2.05, 4.69) is 39.0 Å². The number of thioether (sulfide) groups is 1. The van der Waals surface area contributed by atoms with Gasteiger partial charge in [0, 0.05) is 24.5 Å². The molecule has 3 aromatic rings. The van der Waals surface area contributed by atoms with Gasteiger partial charge in [-0.15, -0.1) is 10.2 Å². The topological polar surface area (TPSA) is 49.2 Å². The first-order valence-electron chi connectivity index (χ1n) is 9.23. The van der Waals surface area contributed by atoms with Crippen molar-refractivity contribution in [2.24, 2.45) is 0 Å². The maximum atomic E-state index is 5.56. The van der Waals surface area contributed by atoms with E-state index in [0.717, 1.165) is 41.2 Å². The minimum absolute atomic E-state index is 0.657. The van der Waals surface area contributed by atoms with Crippen LogP contribution in [0.1, 0.15) is 25.2 Å². The molecule has 0 radical (unpaired) electrons. The fraction of sp³-hybridized carbons (Fsp3) is 0.333. The summed E-state index contributed by atoms with van der Waals surface area (Å²) in [5.41, 5.74) is 2.25. The molecule has 0 saturated heterocycles. The maximum absolute atomic E-state index is 5.56. The Morgan fingerprint density at radius 3 is 2.41 bits per heavy atom. The minimum Gasteiger partial charge on any atom is -0.494 e. The van der Waals surface area contributed by atoms with Crippen LogP contribution >= 0.6 is 11.8 Å². The highest BCUT2D eigenvalue weighted by atomic mass is 32.2. The molecule has 0 fully saturated rings. The third-order valence-electron chi connectivity index (χ3n) is 3.97. The molecule has 142 valence electrons. The number of aromatic nitrogens is 3. The van der Waals surface area contributed by atoms with Crippen LogP contribution in [0.5, 0.6) is 5.75 Å². The molecule has 2 aromatic carbocycles. The standard InChI is InChI=1S/C21H25N3O2S/c1-3-25-14-15-27-21-23-22-20(16-17-8-6-5-7-9-17)24(21)18-10-12-19(13-11-18)26-4-2/h5-13H,3-4,14-16H2,1-2H3. The van der Waals surface area contributed by atoms with Gasteiger partial charge in [0.05, 0.1) is 13.2 Å². The first-order chi connectivity index (χ1) is 13.3. The lowest BCUT2D eigenvalue weighted by molar-refractivity contribution is 0.164. The summed E-state index contributed by atoms with van der Waals surface area (Å²) in [5, 5.41) is 9.78. The summed E-state index contributed by atoms with van der Waals surface area (Å²) in [6.45, 7) is 6.07. The van der Waals surface area contributed by atoms with Crippen LogP contribution in [-0.4, -0.2) is 40.3 Å². The van der Waals surface area contributed by atoms with E-state index in [1.165, 1.54) is 5.56 Å². The molecule has 0 aliphatic carbocycles. The second-order valence-electron chi connectivity index (χ2n) is 5.87. The fourth-order valence-corrected chi connectivity index (χ4v) is 3.56. The van der Waals surface area contributed by atoms with Gasteiger partial charge in [-0.25, -0.2) is 0 Å². The highest BCUT2D eigenvalue weighted by molar-refractivity contribution is 7.99. The summed E-state index contributed by atoms with van der Waals surface area (Å²) >= 11 is 1.66. The number of benzene rings is 2. The molecule has 6 heteroatoms. The molecule has 0 spiro atoms. The highest BCUT2D eigenvalue weighted by Gasteiger charge is 2.15. The van der Waals surface area contributed by atoms with E-state index in [9.17, 15) is 0 Å². The zero-order chi connectivity index (χ0) is 18.9. The van der Waals surface area contributed by atoms with Crippen molar-refractivity contribution in [2.45, 2.75) is 25.4 Å². The molecule has 0 unspecified atom stereocenters. The van der Waals surface area contributed by atoms with Crippen LogP contribution in [0.3, 0.4) is 0 Å². The molecule has 0 amide bonds. The monoisotopic (exact) mass is 383 g/mol. The number of rotatable bonds is 10. The van der Waals surface area contributed by atoms with Crippen molar-refractivity contribution in [3.63, 3.8) is 0 Å². The molecular weight excluding hydrogens is 358 g/mol. The molecule has 0 aliphatic rings. The van der Waals surface area contributed by atoms with Gasteiger partial charge in [-0.05, 0) is 43.7 Å². The molecular formula is C21H25N3O2S. The normalized spacial score (nSPS) is 10.9. The van der Waals surface area contributed by atoms with Crippen molar-refractivity contribution < 1.29 is 9.47 Å². The van der Waals surface area contributed by atoms with E-state index in [4.69, 9.17) is 9.47 Å². The van der Waals surface area contributed by atoms with Gasteiger partial charge >= 0.3 is 0 Å². The molecule has 0 atom stereocenters. The molecule has 27 heavy (non-hydrogen) atoms. The Hall–Kier alpha value is -2.31.